The van der Waals surface area contributed by atoms with Crippen molar-refractivity contribution in [3.8, 4) is 0 Å². The lowest BCUT2D eigenvalue weighted by molar-refractivity contribution is -0.119. The third-order valence-corrected chi connectivity index (χ3v) is 5.68. The number of halogens is 1. The van der Waals surface area contributed by atoms with Crippen molar-refractivity contribution < 1.29 is 13.2 Å². The Morgan fingerprint density at radius 2 is 2.14 bits per heavy atom. The van der Waals surface area contributed by atoms with E-state index in [1.54, 1.807) is 0 Å². The fourth-order valence-electron chi connectivity index (χ4n) is 2.80. The molecule has 0 spiro atoms. The zero-order valence-corrected chi connectivity index (χ0v) is 13.2. The fourth-order valence-corrected chi connectivity index (χ4v) is 4.54. The Hall–Kier alpha value is -1.27. The first-order chi connectivity index (χ1) is 9.53. The van der Waals surface area contributed by atoms with Gasteiger partial charge in [-0.25, -0.2) is 8.42 Å². The number of carbonyl (C=O) groups excluding carboxylic acids is 1. The van der Waals surface area contributed by atoms with E-state index in [0.29, 0.717) is 6.42 Å². The van der Waals surface area contributed by atoms with Crippen molar-refractivity contribution in [2.45, 2.75) is 19.3 Å². The molecule has 1 aromatic carbocycles. The first-order valence-electron chi connectivity index (χ1n) is 6.92. The lowest BCUT2D eigenvalue weighted by atomic mass is 10.0. The van der Waals surface area contributed by atoms with Gasteiger partial charge < -0.3 is 10.6 Å². The minimum atomic E-state index is -3.02. The molecule has 0 aromatic heterocycles. The topological polar surface area (TPSA) is 75.3 Å². The van der Waals surface area contributed by atoms with Crippen molar-refractivity contribution in [1.82, 2.24) is 0 Å². The lowest BCUT2D eigenvalue weighted by Gasteiger charge is -2.19. The van der Waals surface area contributed by atoms with Crippen molar-refractivity contribution in [3.05, 3.63) is 23.8 Å². The molecule has 21 heavy (non-hydrogen) atoms. The number of hydrogen-bond acceptors (Lipinski definition) is 4. The van der Waals surface area contributed by atoms with Crippen LogP contribution in [-0.2, 0) is 21.1 Å². The van der Waals surface area contributed by atoms with Crippen LogP contribution in [0, 0.1) is 5.92 Å². The van der Waals surface area contributed by atoms with Gasteiger partial charge in [0.25, 0.3) is 0 Å². The number of hydrogen-bond donors (Lipinski definition) is 2. The molecule has 2 heterocycles. The van der Waals surface area contributed by atoms with E-state index >= 15 is 0 Å². The van der Waals surface area contributed by atoms with Crippen LogP contribution in [0.1, 0.15) is 18.4 Å². The zero-order valence-electron chi connectivity index (χ0n) is 11.6. The Morgan fingerprint density at radius 3 is 2.86 bits per heavy atom. The van der Waals surface area contributed by atoms with Crippen molar-refractivity contribution in [1.29, 1.82) is 0 Å². The van der Waals surface area contributed by atoms with E-state index in [2.05, 4.69) is 10.6 Å². The summed E-state index contributed by atoms with van der Waals surface area (Å²) >= 11 is 0. The summed E-state index contributed by atoms with van der Waals surface area (Å²) in [5.41, 5.74) is 3.08. The molecule has 3 rings (SSSR count). The third kappa shape index (κ3) is 3.68. The molecule has 2 aliphatic heterocycles. The number of sulfone groups is 1. The maximum absolute atomic E-state index is 12.1. The van der Waals surface area contributed by atoms with E-state index in [0.717, 1.165) is 30.8 Å². The molecular formula is C14H19ClN2O3S. The van der Waals surface area contributed by atoms with Crippen LogP contribution in [0.2, 0.25) is 0 Å². The maximum atomic E-state index is 12.1. The van der Waals surface area contributed by atoms with Gasteiger partial charge in [-0.05, 0) is 43.0 Å². The van der Waals surface area contributed by atoms with Gasteiger partial charge in [0.2, 0.25) is 5.91 Å². The van der Waals surface area contributed by atoms with Crippen LogP contribution in [0.3, 0.4) is 0 Å². The monoisotopic (exact) mass is 330 g/mol. The van der Waals surface area contributed by atoms with Crippen molar-refractivity contribution >= 4 is 39.5 Å². The minimum Gasteiger partial charge on any atom is -0.385 e. The second-order valence-electron chi connectivity index (χ2n) is 5.49. The van der Waals surface area contributed by atoms with Gasteiger partial charge in [-0.2, -0.15) is 0 Å². The molecule has 1 amide bonds. The number of amides is 1. The quantitative estimate of drug-likeness (QED) is 0.867. The second kappa shape index (κ2) is 6.23. The van der Waals surface area contributed by atoms with Gasteiger partial charge in [-0.1, -0.05) is 0 Å². The molecule has 1 fully saturated rings. The second-order valence-corrected chi connectivity index (χ2v) is 7.72. The highest BCUT2D eigenvalue weighted by Gasteiger charge is 2.32. The summed E-state index contributed by atoms with van der Waals surface area (Å²) in [4.78, 5) is 12.1. The van der Waals surface area contributed by atoms with Crippen LogP contribution in [0.4, 0.5) is 11.4 Å². The number of benzene rings is 1. The molecule has 1 unspecified atom stereocenters. The van der Waals surface area contributed by atoms with E-state index in [9.17, 15) is 13.2 Å². The predicted molar refractivity (Wildman–Crippen MR) is 85.9 cm³/mol. The summed E-state index contributed by atoms with van der Waals surface area (Å²) in [7, 11) is -3.02. The number of fused-ring (bicyclic) bond motifs is 1. The van der Waals surface area contributed by atoms with E-state index in [4.69, 9.17) is 0 Å². The maximum Gasteiger partial charge on any atom is 0.228 e. The summed E-state index contributed by atoms with van der Waals surface area (Å²) in [6, 6.07) is 5.80. The number of rotatable bonds is 2. The molecule has 2 aliphatic rings. The summed E-state index contributed by atoms with van der Waals surface area (Å²) in [5, 5.41) is 6.16. The van der Waals surface area contributed by atoms with Gasteiger partial charge in [0, 0.05) is 17.9 Å². The average Bonchev–Trinajstić information content (AvgIpc) is 2.79. The molecular weight excluding hydrogens is 312 g/mol. The van der Waals surface area contributed by atoms with Crippen LogP contribution in [0.25, 0.3) is 0 Å². The number of aryl methyl sites for hydroxylation is 1. The molecule has 1 aromatic rings. The molecule has 1 saturated heterocycles. The standard InChI is InChI=1S/C14H18N2O3S.ClH/c17-14(11-5-7-20(18,19)9-11)16-12-3-4-13-10(8-12)2-1-6-15-13;/h3-4,8,11,15H,1-2,5-7,9H2,(H,16,17);1H. The summed E-state index contributed by atoms with van der Waals surface area (Å²) < 4.78 is 22.8. The Morgan fingerprint density at radius 1 is 1.33 bits per heavy atom. The predicted octanol–water partition coefficient (Wildman–Crippen LogP) is 1.84. The molecule has 0 radical (unpaired) electrons. The van der Waals surface area contributed by atoms with Gasteiger partial charge >= 0.3 is 0 Å². The van der Waals surface area contributed by atoms with E-state index in [-0.39, 0.29) is 29.8 Å². The Bertz CT molecular complexity index is 646. The summed E-state index contributed by atoms with van der Waals surface area (Å²) in [6.45, 7) is 0.985. The van der Waals surface area contributed by atoms with Crippen LogP contribution < -0.4 is 10.6 Å². The zero-order chi connectivity index (χ0) is 14.2. The largest absolute Gasteiger partial charge is 0.385 e. The number of anilines is 2. The fraction of sp³-hybridized carbons (Fsp3) is 0.500. The summed E-state index contributed by atoms with van der Waals surface area (Å²) in [5.74, 6) is -0.492. The highest BCUT2D eigenvalue weighted by molar-refractivity contribution is 7.91. The average molecular weight is 331 g/mol. The highest BCUT2D eigenvalue weighted by Crippen LogP contribution is 2.26. The molecule has 2 N–H and O–H groups in total. The first kappa shape index (κ1) is 16.1. The Kier molecular flexibility index (Phi) is 4.78. The van der Waals surface area contributed by atoms with E-state index < -0.39 is 15.8 Å². The molecule has 1 atom stereocenters. The van der Waals surface area contributed by atoms with E-state index in [1.807, 2.05) is 18.2 Å². The number of carbonyl (C=O) groups is 1. The van der Waals surface area contributed by atoms with E-state index in [1.165, 1.54) is 5.56 Å². The summed E-state index contributed by atoms with van der Waals surface area (Å²) in [6.07, 6.45) is 2.52. The third-order valence-electron chi connectivity index (χ3n) is 3.91. The molecule has 0 aliphatic carbocycles. The van der Waals surface area contributed by atoms with Crippen molar-refractivity contribution in [2.24, 2.45) is 5.92 Å². The Balaban J connectivity index is 0.00000161. The SMILES string of the molecule is Cl.O=C(Nc1ccc2c(c1)CCCN2)C1CCS(=O)(=O)C1. The van der Waals surface area contributed by atoms with Gasteiger partial charge in [0.05, 0.1) is 17.4 Å². The molecule has 0 bridgehead atoms. The van der Waals surface area contributed by atoms with Crippen LogP contribution in [-0.4, -0.2) is 32.4 Å². The van der Waals surface area contributed by atoms with Crippen molar-refractivity contribution in [2.75, 3.05) is 28.7 Å². The first-order valence-corrected chi connectivity index (χ1v) is 8.74. The van der Waals surface area contributed by atoms with Crippen molar-refractivity contribution in [3.63, 3.8) is 0 Å². The highest BCUT2D eigenvalue weighted by atomic mass is 35.5. The molecule has 116 valence electrons. The Labute approximate surface area is 130 Å². The minimum absolute atomic E-state index is 0. The van der Waals surface area contributed by atoms with Crippen LogP contribution in [0.15, 0.2) is 18.2 Å². The molecule has 0 saturated carbocycles. The normalized spacial score (nSPS) is 22.6. The lowest BCUT2D eigenvalue weighted by Crippen LogP contribution is -2.24. The van der Waals surface area contributed by atoms with Gasteiger partial charge in [0.15, 0.2) is 9.84 Å². The van der Waals surface area contributed by atoms with Crippen LogP contribution >= 0.6 is 12.4 Å². The van der Waals surface area contributed by atoms with Crippen LogP contribution in [0.5, 0.6) is 0 Å². The smallest absolute Gasteiger partial charge is 0.228 e. The molecule has 7 heteroatoms. The molecule has 5 nitrogen and oxygen atoms in total. The van der Waals surface area contributed by atoms with Gasteiger partial charge in [0.1, 0.15) is 0 Å². The van der Waals surface area contributed by atoms with Gasteiger partial charge in [-0.3, -0.25) is 4.79 Å². The van der Waals surface area contributed by atoms with Gasteiger partial charge in [-0.15, -0.1) is 12.4 Å². The number of nitrogens with one attached hydrogen (secondary N) is 2.